The van der Waals surface area contributed by atoms with Crippen molar-refractivity contribution in [3.8, 4) is 0 Å². The molecule has 0 aliphatic heterocycles. The summed E-state index contributed by atoms with van der Waals surface area (Å²) in [5.41, 5.74) is 1.12. The number of rotatable bonds is 2. The van der Waals surface area contributed by atoms with Crippen molar-refractivity contribution in [3.63, 3.8) is 0 Å². The fraction of sp³-hybridized carbons (Fsp3) is 1.00. The first kappa shape index (κ1) is 13.6. The molecule has 2 fully saturated rings. The Bertz CT molecular complexity index is 240. The standard InChI is InChI=1S/C16H32Si/c1-13-8-5-6-11-16(13)14-9-7-10-15(12-14)17(2,3)4/h13-16H,5-12H2,1-4H3. The summed E-state index contributed by atoms with van der Waals surface area (Å²) in [5.74, 6) is 3.20. The largest absolute Gasteiger partial charge is 0.0693 e. The summed E-state index contributed by atoms with van der Waals surface area (Å²) in [4.78, 5) is 0. The van der Waals surface area contributed by atoms with Gasteiger partial charge in [-0.25, -0.2) is 0 Å². The zero-order valence-electron chi connectivity index (χ0n) is 12.5. The SMILES string of the molecule is CC1CCCCC1C1CCCC([Si](C)(C)C)C1. The minimum Gasteiger partial charge on any atom is -0.0693 e. The molecule has 0 spiro atoms. The van der Waals surface area contributed by atoms with Crippen LogP contribution >= 0.6 is 0 Å². The lowest BCUT2D eigenvalue weighted by atomic mass is 9.68. The van der Waals surface area contributed by atoms with Crippen LogP contribution in [0.4, 0.5) is 0 Å². The van der Waals surface area contributed by atoms with E-state index in [1.54, 1.807) is 25.7 Å². The van der Waals surface area contributed by atoms with Crippen LogP contribution in [-0.4, -0.2) is 8.07 Å². The molecule has 4 unspecified atom stereocenters. The molecular formula is C16H32Si. The molecule has 0 nitrogen and oxygen atoms in total. The molecule has 0 aromatic carbocycles. The van der Waals surface area contributed by atoms with Crippen LogP contribution in [0, 0.1) is 17.8 Å². The first-order valence-corrected chi connectivity index (χ1v) is 11.6. The predicted octanol–water partition coefficient (Wildman–Crippen LogP) is 5.71. The van der Waals surface area contributed by atoms with E-state index in [0.717, 1.165) is 23.3 Å². The van der Waals surface area contributed by atoms with E-state index in [9.17, 15) is 0 Å². The lowest BCUT2D eigenvalue weighted by Crippen LogP contribution is -2.35. The summed E-state index contributed by atoms with van der Waals surface area (Å²) in [7, 11) is -0.884. The van der Waals surface area contributed by atoms with Crippen LogP contribution in [0.25, 0.3) is 0 Å². The van der Waals surface area contributed by atoms with Crippen molar-refractivity contribution in [1.29, 1.82) is 0 Å². The third-order valence-corrected chi connectivity index (χ3v) is 8.70. The smallest absolute Gasteiger partial charge is 0.0473 e. The predicted molar refractivity (Wildman–Crippen MR) is 80.2 cm³/mol. The Kier molecular flexibility index (Phi) is 4.38. The molecule has 0 saturated heterocycles. The van der Waals surface area contributed by atoms with Gasteiger partial charge in [0, 0.05) is 8.07 Å². The van der Waals surface area contributed by atoms with Crippen molar-refractivity contribution < 1.29 is 0 Å². The van der Waals surface area contributed by atoms with Gasteiger partial charge in [-0.05, 0) is 36.1 Å². The van der Waals surface area contributed by atoms with E-state index < -0.39 is 8.07 Å². The molecule has 0 amide bonds. The second-order valence-electron chi connectivity index (χ2n) is 7.92. The van der Waals surface area contributed by atoms with Gasteiger partial charge < -0.3 is 0 Å². The van der Waals surface area contributed by atoms with Gasteiger partial charge in [-0.2, -0.15) is 0 Å². The summed E-state index contributed by atoms with van der Waals surface area (Å²) in [6.07, 6.45) is 12.3. The van der Waals surface area contributed by atoms with Crippen molar-refractivity contribution in [3.05, 3.63) is 0 Å². The summed E-state index contributed by atoms with van der Waals surface area (Å²) in [6, 6.07) is 0. The van der Waals surface area contributed by atoms with E-state index in [4.69, 9.17) is 0 Å². The summed E-state index contributed by atoms with van der Waals surface area (Å²) in [6.45, 7) is 10.3. The van der Waals surface area contributed by atoms with Crippen molar-refractivity contribution in [2.24, 2.45) is 17.8 Å². The topological polar surface area (TPSA) is 0 Å². The van der Waals surface area contributed by atoms with Crippen molar-refractivity contribution in [2.45, 2.75) is 83.5 Å². The Labute approximate surface area is 110 Å². The molecule has 1 heteroatoms. The fourth-order valence-corrected chi connectivity index (χ4v) is 6.53. The van der Waals surface area contributed by atoms with Crippen molar-refractivity contribution in [2.75, 3.05) is 0 Å². The van der Waals surface area contributed by atoms with Crippen LogP contribution in [0.5, 0.6) is 0 Å². The summed E-state index contributed by atoms with van der Waals surface area (Å²) >= 11 is 0. The van der Waals surface area contributed by atoms with Gasteiger partial charge in [0.2, 0.25) is 0 Å². The monoisotopic (exact) mass is 252 g/mol. The minimum atomic E-state index is -0.884. The molecule has 2 rings (SSSR count). The zero-order chi connectivity index (χ0) is 12.5. The maximum absolute atomic E-state index is 2.59. The Morgan fingerprint density at radius 3 is 2.18 bits per heavy atom. The normalized spacial score (nSPS) is 40.2. The molecule has 0 heterocycles. The van der Waals surface area contributed by atoms with E-state index in [0.29, 0.717) is 0 Å². The third-order valence-electron chi connectivity index (χ3n) is 5.72. The molecule has 2 aliphatic rings. The van der Waals surface area contributed by atoms with E-state index in [1.165, 1.54) is 25.7 Å². The van der Waals surface area contributed by atoms with Gasteiger partial charge in [-0.1, -0.05) is 65.1 Å². The van der Waals surface area contributed by atoms with Gasteiger partial charge in [-0.15, -0.1) is 0 Å². The van der Waals surface area contributed by atoms with Crippen molar-refractivity contribution >= 4 is 8.07 Å². The average Bonchev–Trinajstić information content (AvgIpc) is 2.29. The van der Waals surface area contributed by atoms with E-state index in [-0.39, 0.29) is 0 Å². The molecule has 2 saturated carbocycles. The molecule has 4 atom stereocenters. The van der Waals surface area contributed by atoms with Crippen LogP contribution in [-0.2, 0) is 0 Å². The molecular weight excluding hydrogens is 220 g/mol. The Hall–Kier alpha value is 0.217. The highest BCUT2D eigenvalue weighted by Gasteiger charge is 2.37. The quantitative estimate of drug-likeness (QED) is 0.552. The van der Waals surface area contributed by atoms with Crippen LogP contribution in [0.1, 0.15) is 58.3 Å². The van der Waals surface area contributed by atoms with Crippen LogP contribution in [0.15, 0.2) is 0 Å². The van der Waals surface area contributed by atoms with Gasteiger partial charge in [0.05, 0.1) is 0 Å². The van der Waals surface area contributed by atoms with E-state index in [2.05, 4.69) is 26.6 Å². The van der Waals surface area contributed by atoms with Gasteiger partial charge in [0.15, 0.2) is 0 Å². The molecule has 17 heavy (non-hydrogen) atoms. The van der Waals surface area contributed by atoms with Gasteiger partial charge >= 0.3 is 0 Å². The fourth-order valence-electron chi connectivity index (χ4n) is 4.45. The average molecular weight is 253 g/mol. The highest BCUT2D eigenvalue weighted by Crippen LogP contribution is 2.47. The highest BCUT2D eigenvalue weighted by molar-refractivity contribution is 6.77. The molecule has 0 bridgehead atoms. The lowest BCUT2D eigenvalue weighted by Gasteiger charge is -2.43. The second kappa shape index (κ2) is 5.46. The van der Waals surface area contributed by atoms with E-state index in [1.807, 2.05) is 0 Å². The molecule has 2 aliphatic carbocycles. The third kappa shape index (κ3) is 3.36. The van der Waals surface area contributed by atoms with Gasteiger partial charge in [0.1, 0.15) is 0 Å². The van der Waals surface area contributed by atoms with Gasteiger partial charge in [0.25, 0.3) is 0 Å². The lowest BCUT2D eigenvalue weighted by molar-refractivity contribution is 0.139. The summed E-state index contributed by atoms with van der Waals surface area (Å²) in [5, 5.41) is 0. The Balaban J connectivity index is 1.96. The minimum absolute atomic E-state index is 0.884. The first-order chi connectivity index (χ1) is 7.98. The molecule has 0 aromatic heterocycles. The number of hydrogen-bond acceptors (Lipinski definition) is 0. The number of hydrogen-bond donors (Lipinski definition) is 0. The summed E-state index contributed by atoms with van der Waals surface area (Å²) < 4.78 is 0. The molecule has 100 valence electrons. The maximum atomic E-state index is 2.59. The Morgan fingerprint density at radius 2 is 1.53 bits per heavy atom. The Morgan fingerprint density at radius 1 is 0.824 bits per heavy atom. The van der Waals surface area contributed by atoms with Gasteiger partial charge in [-0.3, -0.25) is 0 Å². The van der Waals surface area contributed by atoms with Crippen molar-refractivity contribution in [1.82, 2.24) is 0 Å². The molecule has 0 radical (unpaired) electrons. The molecule has 0 N–H and O–H groups in total. The second-order valence-corrected chi connectivity index (χ2v) is 13.5. The van der Waals surface area contributed by atoms with Crippen LogP contribution < -0.4 is 0 Å². The van der Waals surface area contributed by atoms with Crippen LogP contribution in [0.2, 0.25) is 25.2 Å². The van der Waals surface area contributed by atoms with Crippen LogP contribution in [0.3, 0.4) is 0 Å². The maximum Gasteiger partial charge on any atom is 0.0473 e. The van der Waals surface area contributed by atoms with E-state index >= 15 is 0 Å². The highest BCUT2D eigenvalue weighted by atomic mass is 28.3. The molecule has 0 aromatic rings. The first-order valence-electron chi connectivity index (χ1n) is 7.98. The zero-order valence-corrected chi connectivity index (χ0v) is 13.5.